The van der Waals surface area contributed by atoms with Crippen molar-refractivity contribution in [2.45, 2.75) is 19.4 Å². The number of pyridine rings is 1. The van der Waals surface area contributed by atoms with Crippen molar-refractivity contribution in [3.05, 3.63) is 40.0 Å². The maximum absolute atomic E-state index is 6.07. The number of nitrogens with two attached hydrogens (primary N) is 1. The average Bonchev–Trinajstić information content (AvgIpc) is 2.15. The molecule has 0 radical (unpaired) electrons. The summed E-state index contributed by atoms with van der Waals surface area (Å²) < 4.78 is 0. The standard InChI is InChI=1S/C12H12Cl2N2/c1-7(15)4-9-2-3-10-11(14)5-8(13)6-12(10)16-9/h2-3,5-7H,4,15H2,1H3. The molecule has 1 aromatic heterocycles. The van der Waals surface area contributed by atoms with Crippen molar-refractivity contribution in [3.8, 4) is 0 Å². The summed E-state index contributed by atoms with van der Waals surface area (Å²) in [5.41, 5.74) is 7.51. The Labute approximate surface area is 104 Å². The van der Waals surface area contributed by atoms with Crippen LogP contribution in [-0.2, 0) is 6.42 Å². The molecule has 1 aromatic carbocycles. The molecule has 0 saturated carbocycles. The van der Waals surface area contributed by atoms with Crippen LogP contribution in [0.1, 0.15) is 12.6 Å². The molecule has 1 heterocycles. The minimum absolute atomic E-state index is 0.0969. The van der Waals surface area contributed by atoms with Gasteiger partial charge in [-0.15, -0.1) is 0 Å². The topological polar surface area (TPSA) is 38.9 Å². The van der Waals surface area contributed by atoms with Gasteiger partial charge in [-0.2, -0.15) is 0 Å². The van der Waals surface area contributed by atoms with E-state index in [-0.39, 0.29) is 6.04 Å². The van der Waals surface area contributed by atoms with E-state index in [1.165, 1.54) is 0 Å². The van der Waals surface area contributed by atoms with Crippen molar-refractivity contribution >= 4 is 34.1 Å². The lowest BCUT2D eigenvalue weighted by Crippen LogP contribution is -2.18. The van der Waals surface area contributed by atoms with Gasteiger partial charge in [0.05, 0.1) is 10.5 Å². The second-order valence-corrected chi connectivity index (χ2v) is 4.78. The summed E-state index contributed by atoms with van der Waals surface area (Å²) in [6.45, 7) is 1.96. The summed E-state index contributed by atoms with van der Waals surface area (Å²) >= 11 is 12.0. The molecule has 0 spiro atoms. The van der Waals surface area contributed by atoms with Crippen LogP contribution in [0.4, 0.5) is 0 Å². The van der Waals surface area contributed by atoms with Crippen molar-refractivity contribution in [1.29, 1.82) is 0 Å². The molecule has 2 rings (SSSR count). The van der Waals surface area contributed by atoms with Crippen LogP contribution in [0, 0.1) is 0 Å². The van der Waals surface area contributed by atoms with Crippen LogP contribution in [0.3, 0.4) is 0 Å². The molecule has 16 heavy (non-hydrogen) atoms. The normalized spacial score (nSPS) is 13.0. The fraction of sp³-hybridized carbons (Fsp3) is 0.250. The van der Waals surface area contributed by atoms with Gasteiger partial charge in [-0.05, 0) is 31.2 Å². The number of benzene rings is 1. The van der Waals surface area contributed by atoms with Gasteiger partial charge in [0, 0.05) is 28.6 Å². The van der Waals surface area contributed by atoms with Crippen LogP contribution in [0.2, 0.25) is 10.0 Å². The average molecular weight is 255 g/mol. The molecule has 1 unspecified atom stereocenters. The van der Waals surface area contributed by atoms with Crippen molar-refractivity contribution in [1.82, 2.24) is 4.98 Å². The molecule has 84 valence electrons. The third-order valence-corrected chi connectivity index (χ3v) is 2.84. The van der Waals surface area contributed by atoms with E-state index in [1.54, 1.807) is 6.07 Å². The molecular weight excluding hydrogens is 243 g/mol. The third kappa shape index (κ3) is 2.46. The van der Waals surface area contributed by atoms with Crippen molar-refractivity contribution in [3.63, 3.8) is 0 Å². The molecule has 2 aromatic rings. The summed E-state index contributed by atoms with van der Waals surface area (Å²) in [5, 5.41) is 2.14. The van der Waals surface area contributed by atoms with Crippen molar-refractivity contribution < 1.29 is 0 Å². The van der Waals surface area contributed by atoms with E-state index >= 15 is 0 Å². The van der Waals surface area contributed by atoms with Gasteiger partial charge in [0.15, 0.2) is 0 Å². The van der Waals surface area contributed by atoms with Gasteiger partial charge < -0.3 is 5.73 Å². The molecule has 2 nitrogen and oxygen atoms in total. The summed E-state index contributed by atoms with van der Waals surface area (Å²) in [6, 6.07) is 7.54. The van der Waals surface area contributed by atoms with E-state index in [0.717, 1.165) is 23.0 Å². The van der Waals surface area contributed by atoms with E-state index in [1.807, 2.05) is 25.1 Å². The summed E-state index contributed by atoms with van der Waals surface area (Å²) in [6.07, 6.45) is 0.750. The van der Waals surface area contributed by atoms with E-state index in [9.17, 15) is 0 Å². The first-order chi connectivity index (χ1) is 7.56. The minimum Gasteiger partial charge on any atom is -0.328 e. The largest absolute Gasteiger partial charge is 0.328 e. The lowest BCUT2D eigenvalue weighted by atomic mass is 10.1. The SMILES string of the molecule is CC(N)Cc1ccc2c(Cl)cc(Cl)cc2n1. The summed E-state index contributed by atoms with van der Waals surface area (Å²) in [4.78, 5) is 4.49. The van der Waals surface area contributed by atoms with Gasteiger partial charge >= 0.3 is 0 Å². The van der Waals surface area contributed by atoms with Crippen LogP contribution < -0.4 is 5.73 Å². The maximum Gasteiger partial charge on any atom is 0.0735 e. The lowest BCUT2D eigenvalue weighted by molar-refractivity contribution is 0.725. The van der Waals surface area contributed by atoms with Gasteiger partial charge in [0.1, 0.15) is 0 Å². The molecule has 0 amide bonds. The number of fused-ring (bicyclic) bond motifs is 1. The highest BCUT2D eigenvalue weighted by Crippen LogP contribution is 2.26. The zero-order valence-corrected chi connectivity index (χ0v) is 10.4. The fourth-order valence-corrected chi connectivity index (χ4v) is 2.19. The Balaban J connectivity index is 2.53. The molecule has 2 N–H and O–H groups in total. The predicted octanol–water partition coefficient (Wildman–Crippen LogP) is 3.43. The van der Waals surface area contributed by atoms with Gasteiger partial charge in [0.25, 0.3) is 0 Å². The zero-order chi connectivity index (χ0) is 11.7. The molecule has 0 saturated heterocycles. The molecule has 0 bridgehead atoms. The Morgan fingerprint density at radius 1 is 1.31 bits per heavy atom. The van der Waals surface area contributed by atoms with Gasteiger partial charge in [-0.3, -0.25) is 4.98 Å². The van der Waals surface area contributed by atoms with E-state index in [4.69, 9.17) is 28.9 Å². The number of nitrogens with zero attached hydrogens (tertiary/aromatic N) is 1. The van der Waals surface area contributed by atoms with Gasteiger partial charge in [0.2, 0.25) is 0 Å². The first-order valence-electron chi connectivity index (χ1n) is 5.06. The molecule has 1 atom stereocenters. The smallest absolute Gasteiger partial charge is 0.0735 e. The Kier molecular flexibility index (Phi) is 3.33. The second-order valence-electron chi connectivity index (χ2n) is 3.94. The number of aromatic nitrogens is 1. The molecule has 0 aliphatic rings. The van der Waals surface area contributed by atoms with Crippen LogP contribution >= 0.6 is 23.2 Å². The highest BCUT2D eigenvalue weighted by Gasteiger charge is 2.05. The van der Waals surface area contributed by atoms with Gasteiger partial charge in [-0.1, -0.05) is 23.2 Å². The number of halogens is 2. The van der Waals surface area contributed by atoms with Crippen LogP contribution in [0.5, 0.6) is 0 Å². The summed E-state index contributed by atoms with van der Waals surface area (Å²) in [7, 11) is 0. The Morgan fingerprint density at radius 3 is 2.75 bits per heavy atom. The fourth-order valence-electron chi connectivity index (χ4n) is 1.64. The molecule has 0 aliphatic carbocycles. The Morgan fingerprint density at radius 2 is 2.06 bits per heavy atom. The molecule has 4 heteroatoms. The van der Waals surface area contributed by atoms with Crippen molar-refractivity contribution in [2.24, 2.45) is 5.73 Å². The van der Waals surface area contributed by atoms with E-state index < -0.39 is 0 Å². The quantitative estimate of drug-likeness (QED) is 0.892. The van der Waals surface area contributed by atoms with Crippen LogP contribution in [0.25, 0.3) is 10.9 Å². The van der Waals surface area contributed by atoms with Gasteiger partial charge in [-0.25, -0.2) is 0 Å². The number of hydrogen-bond donors (Lipinski definition) is 1. The molecule has 0 aliphatic heterocycles. The zero-order valence-electron chi connectivity index (χ0n) is 8.87. The Bertz CT molecular complexity index is 524. The minimum atomic E-state index is 0.0969. The second kappa shape index (κ2) is 4.58. The molecule has 0 fully saturated rings. The monoisotopic (exact) mass is 254 g/mol. The third-order valence-electron chi connectivity index (χ3n) is 2.31. The maximum atomic E-state index is 6.07. The number of rotatable bonds is 2. The van der Waals surface area contributed by atoms with E-state index in [0.29, 0.717) is 10.0 Å². The van der Waals surface area contributed by atoms with Crippen LogP contribution in [-0.4, -0.2) is 11.0 Å². The highest BCUT2D eigenvalue weighted by molar-refractivity contribution is 6.38. The van der Waals surface area contributed by atoms with E-state index in [2.05, 4.69) is 4.98 Å². The first kappa shape index (κ1) is 11.6. The number of hydrogen-bond acceptors (Lipinski definition) is 2. The highest BCUT2D eigenvalue weighted by atomic mass is 35.5. The lowest BCUT2D eigenvalue weighted by Gasteiger charge is -2.07. The molecular formula is C12H12Cl2N2. The van der Waals surface area contributed by atoms with Crippen molar-refractivity contribution in [2.75, 3.05) is 0 Å². The van der Waals surface area contributed by atoms with Crippen LogP contribution in [0.15, 0.2) is 24.3 Å². The first-order valence-corrected chi connectivity index (χ1v) is 5.82. The Hall–Kier alpha value is -0.830. The summed E-state index contributed by atoms with van der Waals surface area (Å²) in [5.74, 6) is 0. The predicted molar refractivity (Wildman–Crippen MR) is 69.1 cm³/mol.